The topological polar surface area (TPSA) is 49.3 Å². The molecule has 2 rings (SSSR count). The predicted octanol–water partition coefficient (Wildman–Crippen LogP) is 3.12. The second-order valence-corrected chi connectivity index (χ2v) is 4.39. The first-order chi connectivity index (χ1) is 8.49. The minimum Gasteiger partial charge on any atom is -0.508 e. The van der Waals surface area contributed by atoms with Crippen LogP contribution in [0, 0.1) is 11.7 Å². The second-order valence-electron chi connectivity index (χ2n) is 4.39. The number of phenolic OH excluding ortho intramolecular Hbond substituents is 1. The lowest BCUT2D eigenvalue weighted by Crippen LogP contribution is -2.14. The van der Waals surface area contributed by atoms with Crippen molar-refractivity contribution in [1.29, 1.82) is 0 Å². The van der Waals surface area contributed by atoms with Crippen LogP contribution in [-0.2, 0) is 4.79 Å². The number of halogens is 2. The number of rotatable bonds is 3. The summed E-state index contributed by atoms with van der Waals surface area (Å²) in [7, 11) is 0. The smallest absolute Gasteiger partial charge is 0.284 e. The molecule has 0 aliphatic heterocycles. The van der Waals surface area contributed by atoms with E-state index in [9.17, 15) is 18.7 Å². The summed E-state index contributed by atoms with van der Waals surface area (Å²) in [6, 6.07) is 3.18. The molecule has 1 saturated carbocycles. The van der Waals surface area contributed by atoms with Crippen LogP contribution in [0.15, 0.2) is 29.6 Å². The fraction of sp³-hybridized carbons (Fsp3) is 0.308. The molecule has 0 heterocycles. The van der Waals surface area contributed by atoms with Crippen LogP contribution >= 0.6 is 0 Å². The third-order valence-corrected chi connectivity index (χ3v) is 2.93. The lowest BCUT2D eigenvalue weighted by Gasteiger charge is -2.07. The van der Waals surface area contributed by atoms with Crippen LogP contribution in [0.4, 0.5) is 14.5 Å². The van der Waals surface area contributed by atoms with Crippen molar-refractivity contribution in [3.05, 3.63) is 35.4 Å². The van der Waals surface area contributed by atoms with E-state index in [2.05, 4.69) is 5.32 Å². The molecule has 0 atom stereocenters. The third kappa shape index (κ3) is 2.67. The molecule has 5 heteroatoms. The number of benzene rings is 1. The summed E-state index contributed by atoms with van der Waals surface area (Å²) < 4.78 is 27.0. The Labute approximate surface area is 103 Å². The first-order valence-corrected chi connectivity index (χ1v) is 5.65. The van der Waals surface area contributed by atoms with E-state index < -0.39 is 17.6 Å². The van der Waals surface area contributed by atoms with Gasteiger partial charge in [0.15, 0.2) is 5.83 Å². The molecule has 0 saturated heterocycles. The van der Waals surface area contributed by atoms with Gasteiger partial charge in [-0.2, -0.15) is 0 Å². The van der Waals surface area contributed by atoms with Crippen LogP contribution in [-0.4, -0.2) is 11.0 Å². The fourth-order valence-electron chi connectivity index (χ4n) is 1.66. The van der Waals surface area contributed by atoms with Gasteiger partial charge in [-0.15, -0.1) is 0 Å². The van der Waals surface area contributed by atoms with Crippen LogP contribution in [0.5, 0.6) is 5.75 Å². The highest BCUT2D eigenvalue weighted by Gasteiger charge is 2.28. The molecular weight excluding hydrogens is 240 g/mol. The number of carbonyl (C=O) groups excluding carboxylic acids is 1. The van der Waals surface area contributed by atoms with E-state index in [1.807, 2.05) is 0 Å². The molecule has 0 unspecified atom stereocenters. The maximum Gasteiger partial charge on any atom is 0.284 e. The fourth-order valence-corrected chi connectivity index (χ4v) is 1.66. The minimum atomic E-state index is -0.982. The van der Waals surface area contributed by atoms with Gasteiger partial charge in [0.05, 0.1) is 5.69 Å². The normalized spacial score (nSPS) is 16.2. The Bertz CT molecular complexity index is 522. The van der Waals surface area contributed by atoms with E-state index in [-0.39, 0.29) is 17.4 Å². The summed E-state index contributed by atoms with van der Waals surface area (Å²) in [6.07, 6.45) is 1.76. The SMILES string of the molecule is C/C(=C(/F)C(=O)Nc1cc(O)ccc1F)C1CC1. The van der Waals surface area contributed by atoms with Crippen LogP contribution in [0.1, 0.15) is 19.8 Å². The Morgan fingerprint density at radius 1 is 1.44 bits per heavy atom. The lowest BCUT2D eigenvalue weighted by atomic mass is 10.1. The van der Waals surface area contributed by atoms with Crippen LogP contribution in [0.2, 0.25) is 0 Å². The first-order valence-electron chi connectivity index (χ1n) is 5.65. The van der Waals surface area contributed by atoms with Crippen molar-refractivity contribution in [1.82, 2.24) is 0 Å². The van der Waals surface area contributed by atoms with Crippen molar-refractivity contribution < 1.29 is 18.7 Å². The zero-order valence-electron chi connectivity index (χ0n) is 9.84. The number of allylic oxidation sites excluding steroid dienone is 1. The Hall–Kier alpha value is -1.91. The summed E-state index contributed by atoms with van der Waals surface area (Å²) in [6.45, 7) is 1.56. The van der Waals surface area contributed by atoms with Crippen LogP contribution < -0.4 is 5.32 Å². The number of carbonyl (C=O) groups is 1. The second kappa shape index (κ2) is 4.76. The highest BCUT2D eigenvalue weighted by atomic mass is 19.1. The van der Waals surface area contributed by atoms with Gasteiger partial charge in [-0.25, -0.2) is 8.78 Å². The van der Waals surface area contributed by atoms with E-state index in [0.717, 1.165) is 31.0 Å². The molecular formula is C13H13F2NO2. The lowest BCUT2D eigenvalue weighted by molar-refractivity contribution is -0.114. The van der Waals surface area contributed by atoms with Gasteiger partial charge in [0.1, 0.15) is 11.6 Å². The zero-order chi connectivity index (χ0) is 13.3. The van der Waals surface area contributed by atoms with Gasteiger partial charge in [0.2, 0.25) is 0 Å². The summed E-state index contributed by atoms with van der Waals surface area (Å²) in [4.78, 5) is 11.6. The summed E-state index contributed by atoms with van der Waals surface area (Å²) in [5.41, 5.74) is 0.159. The third-order valence-electron chi connectivity index (χ3n) is 2.93. The van der Waals surface area contributed by atoms with E-state index in [4.69, 9.17) is 0 Å². The molecule has 0 radical (unpaired) electrons. The maximum absolute atomic E-state index is 13.7. The average Bonchev–Trinajstić information content (AvgIpc) is 3.16. The number of hydrogen-bond donors (Lipinski definition) is 2. The number of hydrogen-bond acceptors (Lipinski definition) is 2. The zero-order valence-corrected chi connectivity index (χ0v) is 9.84. The summed E-state index contributed by atoms with van der Waals surface area (Å²) in [5, 5.41) is 11.3. The van der Waals surface area contributed by atoms with Crippen molar-refractivity contribution in [2.75, 3.05) is 5.32 Å². The first kappa shape index (κ1) is 12.5. The van der Waals surface area contributed by atoms with E-state index in [1.54, 1.807) is 6.92 Å². The van der Waals surface area contributed by atoms with Gasteiger partial charge in [0.25, 0.3) is 5.91 Å². The monoisotopic (exact) mass is 253 g/mol. The van der Waals surface area contributed by atoms with Gasteiger partial charge >= 0.3 is 0 Å². The molecule has 1 amide bonds. The van der Waals surface area contributed by atoms with Gasteiger partial charge in [-0.05, 0) is 43.4 Å². The van der Waals surface area contributed by atoms with Gasteiger partial charge < -0.3 is 10.4 Å². The highest BCUT2D eigenvalue weighted by molar-refractivity contribution is 6.02. The van der Waals surface area contributed by atoms with E-state index in [1.165, 1.54) is 0 Å². The summed E-state index contributed by atoms with van der Waals surface area (Å²) >= 11 is 0. The molecule has 1 aliphatic carbocycles. The molecule has 1 aromatic rings. The van der Waals surface area contributed by atoms with Crippen molar-refractivity contribution in [2.45, 2.75) is 19.8 Å². The quantitative estimate of drug-likeness (QED) is 0.813. The van der Waals surface area contributed by atoms with E-state index in [0.29, 0.717) is 5.57 Å². The number of phenols is 1. The molecule has 3 nitrogen and oxygen atoms in total. The van der Waals surface area contributed by atoms with Crippen molar-refractivity contribution in [3.8, 4) is 5.75 Å². The van der Waals surface area contributed by atoms with Gasteiger partial charge in [-0.3, -0.25) is 4.79 Å². The largest absolute Gasteiger partial charge is 0.508 e. The number of anilines is 1. The Morgan fingerprint density at radius 2 is 2.11 bits per heavy atom. The van der Waals surface area contributed by atoms with Crippen molar-refractivity contribution >= 4 is 11.6 Å². The van der Waals surface area contributed by atoms with Gasteiger partial charge in [0, 0.05) is 6.07 Å². The Balaban J connectivity index is 2.16. The molecule has 0 bridgehead atoms. The van der Waals surface area contributed by atoms with Gasteiger partial charge in [-0.1, -0.05) is 0 Å². The highest BCUT2D eigenvalue weighted by Crippen LogP contribution is 2.38. The van der Waals surface area contributed by atoms with Crippen LogP contribution in [0.3, 0.4) is 0 Å². The average molecular weight is 253 g/mol. The molecule has 1 fully saturated rings. The molecule has 2 N–H and O–H groups in total. The Kier molecular flexibility index (Phi) is 3.32. The maximum atomic E-state index is 13.7. The molecule has 1 aromatic carbocycles. The Morgan fingerprint density at radius 3 is 2.72 bits per heavy atom. The van der Waals surface area contributed by atoms with E-state index >= 15 is 0 Å². The minimum absolute atomic E-state index is 0.129. The number of amides is 1. The number of nitrogens with one attached hydrogen (secondary N) is 1. The van der Waals surface area contributed by atoms with Crippen molar-refractivity contribution in [3.63, 3.8) is 0 Å². The standard InChI is InChI=1S/C13H13F2NO2/c1-7(8-2-3-8)12(15)13(18)16-11-6-9(17)4-5-10(11)14/h4-6,8,17H,2-3H2,1H3,(H,16,18)/b12-7-. The molecule has 96 valence electrons. The molecule has 18 heavy (non-hydrogen) atoms. The predicted molar refractivity (Wildman–Crippen MR) is 63.2 cm³/mol. The van der Waals surface area contributed by atoms with Crippen molar-refractivity contribution in [2.24, 2.45) is 5.92 Å². The summed E-state index contributed by atoms with van der Waals surface area (Å²) in [5.74, 6) is -2.65. The van der Waals surface area contributed by atoms with Crippen LogP contribution in [0.25, 0.3) is 0 Å². The molecule has 0 aromatic heterocycles. The molecule has 1 aliphatic rings. The molecule has 0 spiro atoms. The number of aromatic hydroxyl groups is 1.